The predicted octanol–water partition coefficient (Wildman–Crippen LogP) is 2.67. The molecule has 3 heteroatoms. The number of aliphatic hydroxyl groups is 1. The van der Waals surface area contributed by atoms with Gasteiger partial charge in [-0.3, -0.25) is 4.98 Å². The summed E-state index contributed by atoms with van der Waals surface area (Å²) in [5, 5.41) is 9.16. The van der Waals surface area contributed by atoms with E-state index in [9.17, 15) is 0 Å². The van der Waals surface area contributed by atoms with Crippen LogP contribution in [-0.4, -0.2) is 10.1 Å². The number of aromatic nitrogens is 1. The first-order valence-electron chi connectivity index (χ1n) is 5.08. The number of hydrogen-bond acceptors (Lipinski definition) is 3. The number of nitrogens with zero attached hydrogens (tertiary/aromatic N) is 1. The smallest absolute Gasteiger partial charge is 0.151 e. The Morgan fingerprint density at radius 1 is 1.19 bits per heavy atom. The predicted molar refractivity (Wildman–Crippen MR) is 61.4 cm³/mol. The molecule has 16 heavy (non-hydrogen) atoms. The third kappa shape index (κ3) is 2.20. The second-order valence-electron chi connectivity index (χ2n) is 3.51. The molecule has 2 rings (SSSR count). The van der Waals surface area contributed by atoms with Crippen molar-refractivity contribution in [1.29, 1.82) is 0 Å². The molecule has 0 saturated heterocycles. The number of aliphatic hydroxyl groups excluding tert-OH is 1. The van der Waals surface area contributed by atoms with Crippen LogP contribution in [0.15, 0.2) is 42.7 Å². The van der Waals surface area contributed by atoms with Gasteiger partial charge in [0.1, 0.15) is 5.75 Å². The fraction of sp³-hybridized carbons (Fsp3) is 0.154. The highest BCUT2D eigenvalue weighted by molar-refractivity contribution is 5.38. The maximum atomic E-state index is 9.16. The van der Waals surface area contributed by atoms with Crippen LogP contribution >= 0.6 is 0 Å². The molecular weight excluding hydrogens is 202 g/mol. The monoisotopic (exact) mass is 215 g/mol. The van der Waals surface area contributed by atoms with Crippen molar-refractivity contribution < 1.29 is 9.84 Å². The zero-order valence-corrected chi connectivity index (χ0v) is 9.05. The van der Waals surface area contributed by atoms with Gasteiger partial charge in [0.2, 0.25) is 0 Å². The van der Waals surface area contributed by atoms with E-state index in [0.29, 0.717) is 5.75 Å². The molecule has 0 saturated carbocycles. The summed E-state index contributed by atoms with van der Waals surface area (Å²) >= 11 is 0. The molecule has 1 aromatic heterocycles. The summed E-state index contributed by atoms with van der Waals surface area (Å²) in [5.41, 5.74) is 1.79. The van der Waals surface area contributed by atoms with E-state index in [2.05, 4.69) is 4.98 Å². The van der Waals surface area contributed by atoms with Crippen molar-refractivity contribution in [3.63, 3.8) is 0 Å². The number of benzene rings is 1. The number of pyridine rings is 1. The van der Waals surface area contributed by atoms with E-state index >= 15 is 0 Å². The summed E-state index contributed by atoms with van der Waals surface area (Å²) < 4.78 is 5.71. The normalized spacial score (nSPS) is 10.1. The van der Waals surface area contributed by atoms with Gasteiger partial charge >= 0.3 is 0 Å². The Bertz CT molecular complexity index is 483. The van der Waals surface area contributed by atoms with E-state index in [4.69, 9.17) is 9.84 Å². The highest BCUT2D eigenvalue weighted by atomic mass is 16.5. The minimum Gasteiger partial charge on any atom is -0.455 e. The van der Waals surface area contributed by atoms with E-state index in [1.165, 1.54) is 0 Å². The molecule has 0 spiro atoms. The average molecular weight is 215 g/mol. The molecule has 0 fully saturated rings. The first-order chi connectivity index (χ1) is 7.81. The molecule has 1 N–H and O–H groups in total. The molecule has 0 radical (unpaired) electrons. The van der Waals surface area contributed by atoms with Crippen molar-refractivity contribution in [3.8, 4) is 11.5 Å². The minimum atomic E-state index is -0.0519. The number of aryl methyl sites for hydroxylation is 1. The third-order valence-corrected chi connectivity index (χ3v) is 2.35. The Kier molecular flexibility index (Phi) is 3.17. The highest BCUT2D eigenvalue weighted by Crippen LogP contribution is 2.26. The van der Waals surface area contributed by atoms with Crippen LogP contribution in [0, 0.1) is 6.92 Å². The molecule has 0 atom stereocenters. The first kappa shape index (κ1) is 10.6. The SMILES string of the molecule is Cc1ccccc1Oc1cnccc1CO. The summed E-state index contributed by atoms with van der Waals surface area (Å²) in [6.07, 6.45) is 3.24. The molecule has 82 valence electrons. The summed E-state index contributed by atoms with van der Waals surface area (Å²) in [7, 11) is 0. The molecule has 1 heterocycles. The Hall–Kier alpha value is -1.87. The quantitative estimate of drug-likeness (QED) is 0.855. The van der Waals surface area contributed by atoms with Crippen molar-refractivity contribution in [2.24, 2.45) is 0 Å². The van der Waals surface area contributed by atoms with Crippen LogP contribution in [0.1, 0.15) is 11.1 Å². The zero-order chi connectivity index (χ0) is 11.4. The van der Waals surface area contributed by atoms with Gasteiger partial charge in [0.05, 0.1) is 12.8 Å². The van der Waals surface area contributed by atoms with E-state index in [1.54, 1.807) is 18.5 Å². The zero-order valence-electron chi connectivity index (χ0n) is 9.05. The molecule has 0 aliphatic heterocycles. The molecule has 0 unspecified atom stereocenters. The van der Waals surface area contributed by atoms with Crippen LogP contribution in [0.25, 0.3) is 0 Å². The van der Waals surface area contributed by atoms with Gasteiger partial charge in [0.25, 0.3) is 0 Å². The number of ether oxygens (including phenoxy) is 1. The molecule has 3 nitrogen and oxygen atoms in total. The van der Waals surface area contributed by atoms with Gasteiger partial charge in [-0.1, -0.05) is 18.2 Å². The summed E-state index contributed by atoms with van der Waals surface area (Å²) in [6.45, 7) is 1.92. The fourth-order valence-electron chi connectivity index (χ4n) is 1.42. The van der Waals surface area contributed by atoms with Gasteiger partial charge in [-0.15, -0.1) is 0 Å². The largest absolute Gasteiger partial charge is 0.455 e. The van der Waals surface area contributed by atoms with Crippen molar-refractivity contribution in [2.45, 2.75) is 13.5 Å². The van der Waals surface area contributed by atoms with E-state index in [0.717, 1.165) is 16.9 Å². The van der Waals surface area contributed by atoms with Crippen LogP contribution in [0.4, 0.5) is 0 Å². The molecule has 0 aliphatic rings. The molecule has 1 aromatic carbocycles. The lowest BCUT2D eigenvalue weighted by atomic mass is 10.2. The van der Waals surface area contributed by atoms with E-state index in [1.807, 2.05) is 31.2 Å². The van der Waals surface area contributed by atoms with Crippen molar-refractivity contribution in [3.05, 3.63) is 53.9 Å². The number of rotatable bonds is 3. The Morgan fingerprint density at radius 2 is 2.00 bits per heavy atom. The van der Waals surface area contributed by atoms with E-state index in [-0.39, 0.29) is 6.61 Å². The summed E-state index contributed by atoms with van der Waals surface area (Å²) in [5.74, 6) is 1.38. The lowest BCUT2D eigenvalue weighted by Crippen LogP contribution is -1.93. The first-order valence-corrected chi connectivity index (χ1v) is 5.08. The average Bonchev–Trinajstić information content (AvgIpc) is 2.33. The standard InChI is InChI=1S/C13H13NO2/c1-10-4-2-3-5-12(10)16-13-8-14-7-6-11(13)9-15/h2-8,15H,9H2,1H3. The van der Waals surface area contributed by atoms with Crippen molar-refractivity contribution >= 4 is 0 Å². The van der Waals surface area contributed by atoms with Crippen LogP contribution in [0.5, 0.6) is 11.5 Å². The van der Waals surface area contributed by atoms with Gasteiger partial charge in [0.15, 0.2) is 5.75 Å². The molecule has 0 aliphatic carbocycles. The van der Waals surface area contributed by atoms with Crippen LogP contribution in [0.3, 0.4) is 0 Å². The van der Waals surface area contributed by atoms with Gasteiger partial charge in [-0.2, -0.15) is 0 Å². The maximum absolute atomic E-state index is 9.16. The number of hydrogen-bond donors (Lipinski definition) is 1. The Morgan fingerprint density at radius 3 is 2.75 bits per heavy atom. The third-order valence-electron chi connectivity index (χ3n) is 2.35. The number of para-hydroxylation sites is 1. The second kappa shape index (κ2) is 4.77. The van der Waals surface area contributed by atoms with Gasteiger partial charge in [-0.05, 0) is 24.6 Å². The highest BCUT2D eigenvalue weighted by Gasteiger charge is 2.05. The second-order valence-corrected chi connectivity index (χ2v) is 3.51. The summed E-state index contributed by atoms with van der Waals surface area (Å²) in [4.78, 5) is 3.98. The van der Waals surface area contributed by atoms with Crippen LogP contribution < -0.4 is 4.74 Å². The molecular formula is C13H13NO2. The van der Waals surface area contributed by atoms with E-state index < -0.39 is 0 Å². The van der Waals surface area contributed by atoms with Gasteiger partial charge < -0.3 is 9.84 Å². The van der Waals surface area contributed by atoms with Crippen molar-refractivity contribution in [1.82, 2.24) is 4.98 Å². The van der Waals surface area contributed by atoms with Crippen LogP contribution in [0.2, 0.25) is 0 Å². The molecule has 0 amide bonds. The summed E-state index contributed by atoms with van der Waals surface area (Å²) in [6, 6.07) is 9.48. The molecule has 0 bridgehead atoms. The molecule has 2 aromatic rings. The Labute approximate surface area is 94.3 Å². The van der Waals surface area contributed by atoms with Gasteiger partial charge in [0, 0.05) is 11.8 Å². The lowest BCUT2D eigenvalue weighted by Gasteiger charge is -2.10. The fourth-order valence-corrected chi connectivity index (χ4v) is 1.42. The Balaban J connectivity index is 2.30. The maximum Gasteiger partial charge on any atom is 0.151 e. The van der Waals surface area contributed by atoms with Crippen molar-refractivity contribution in [2.75, 3.05) is 0 Å². The van der Waals surface area contributed by atoms with Crippen LogP contribution in [-0.2, 0) is 6.61 Å². The van der Waals surface area contributed by atoms with Gasteiger partial charge in [-0.25, -0.2) is 0 Å². The lowest BCUT2D eigenvalue weighted by molar-refractivity contribution is 0.276. The minimum absolute atomic E-state index is 0.0519. The topological polar surface area (TPSA) is 42.4 Å².